The van der Waals surface area contributed by atoms with Crippen LogP contribution in [0.25, 0.3) is 0 Å². The summed E-state index contributed by atoms with van der Waals surface area (Å²) in [6.07, 6.45) is 0.211. The first-order valence-electron chi connectivity index (χ1n) is 8.87. The standard InChI is InChI=1S/C21H24N2O3/c1-14(2)26-19-7-5-4-6-18(19)23-13-16(12-20(23)24)21(25)22-17-10-8-15(3)9-11-17/h4-11,14,16H,12-13H2,1-3H3,(H,22,25). The van der Waals surface area contributed by atoms with E-state index in [4.69, 9.17) is 4.74 Å². The van der Waals surface area contributed by atoms with Crippen molar-refractivity contribution in [3.63, 3.8) is 0 Å². The van der Waals surface area contributed by atoms with Crippen LogP contribution in [0.15, 0.2) is 48.5 Å². The van der Waals surface area contributed by atoms with Gasteiger partial charge in [-0.3, -0.25) is 9.59 Å². The molecule has 1 N–H and O–H groups in total. The predicted molar refractivity (Wildman–Crippen MR) is 102 cm³/mol. The molecule has 0 bridgehead atoms. The van der Waals surface area contributed by atoms with Gasteiger partial charge in [-0.25, -0.2) is 0 Å². The van der Waals surface area contributed by atoms with Crippen LogP contribution in [0.4, 0.5) is 11.4 Å². The van der Waals surface area contributed by atoms with E-state index < -0.39 is 0 Å². The van der Waals surface area contributed by atoms with Crippen LogP contribution in [-0.4, -0.2) is 24.5 Å². The van der Waals surface area contributed by atoms with Gasteiger partial charge in [-0.2, -0.15) is 0 Å². The Morgan fingerprint density at radius 1 is 1.15 bits per heavy atom. The van der Waals surface area contributed by atoms with E-state index in [1.807, 2.05) is 69.3 Å². The van der Waals surface area contributed by atoms with E-state index in [0.29, 0.717) is 12.3 Å². The fraction of sp³-hybridized carbons (Fsp3) is 0.333. The minimum Gasteiger partial charge on any atom is -0.489 e. The van der Waals surface area contributed by atoms with Crippen LogP contribution in [0.5, 0.6) is 5.75 Å². The molecule has 1 atom stereocenters. The molecule has 1 saturated heterocycles. The molecule has 1 unspecified atom stereocenters. The molecule has 1 heterocycles. The lowest BCUT2D eigenvalue weighted by atomic mass is 10.1. The highest BCUT2D eigenvalue weighted by Gasteiger charge is 2.36. The molecule has 136 valence electrons. The summed E-state index contributed by atoms with van der Waals surface area (Å²) in [4.78, 5) is 26.7. The van der Waals surface area contributed by atoms with Crippen molar-refractivity contribution in [1.82, 2.24) is 0 Å². The van der Waals surface area contributed by atoms with E-state index in [9.17, 15) is 9.59 Å². The second-order valence-electron chi connectivity index (χ2n) is 6.89. The molecule has 0 aromatic heterocycles. The fourth-order valence-electron chi connectivity index (χ4n) is 3.03. The quantitative estimate of drug-likeness (QED) is 0.891. The lowest BCUT2D eigenvalue weighted by Crippen LogP contribution is -2.28. The molecule has 1 aliphatic rings. The molecule has 2 aromatic rings. The zero-order chi connectivity index (χ0) is 18.7. The van der Waals surface area contributed by atoms with Crippen molar-refractivity contribution in [2.24, 2.45) is 5.92 Å². The number of ether oxygens (including phenoxy) is 1. The molecule has 2 amide bonds. The Morgan fingerprint density at radius 3 is 2.54 bits per heavy atom. The van der Waals surface area contributed by atoms with Gasteiger partial charge in [0.15, 0.2) is 0 Å². The van der Waals surface area contributed by atoms with E-state index in [2.05, 4.69) is 5.32 Å². The number of carbonyl (C=O) groups is 2. The molecule has 26 heavy (non-hydrogen) atoms. The number of anilines is 2. The summed E-state index contributed by atoms with van der Waals surface area (Å²) >= 11 is 0. The average Bonchev–Trinajstić information content (AvgIpc) is 2.99. The van der Waals surface area contributed by atoms with Crippen LogP contribution in [0.1, 0.15) is 25.8 Å². The Labute approximate surface area is 154 Å². The molecule has 0 radical (unpaired) electrons. The Bertz CT molecular complexity index is 799. The maximum atomic E-state index is 12.6. The summed E-state index contributed by atoms with van der Waals surface area (Å²) in [6.45, 7) is 6.24. The predicted octanol–water partition coefficient (Wildman–Crippen LogP) is 3.77. The Hall–Kier alpha value is -2.82. The zero-order valence-electron chi connectivity index (χ0n) is 15.4. The van der Waals surface area contributed by atoms with Crippen molar-refractivity contribution >= 4 is 23.2 Å². The molecular weight excluding hydrogens is 328 g/mol. The first kappa shape index (κ1) is 18.0. The SMILES string of the molecule is Cc1ccc(NC(=O)C2CC(=O)N(c3ccccc3OC(C)C)C2)cc1. The van der Waals surface area contributed by atoms with E-state index in [1.54, 1.807) is 4.90 Å². The van der Waals surface area contributed by atoms with Crippen molar-refractivity contribution in [3.05, 3.63) is 54.1 Å². The fourth-order valence-corrected chi connectivity index (χ4v) is 3.03. The van der Waals surface area contributed by atoms with Gasteiger partial charge in [-0.05, 0) is 45.0 Å². The van der Waals surface area contributed by atoms with Gasteiger partial charge in [0.1, 0.15) is 5.75 Å². The molecule has 1 fully saturated rings. The van der Waals surface area contributed by atoms with E-state index in [1.165, 1.54) is 0 Å². The molecule has 5 nitrogen and oxygen atoms in total. The first-order valence-corrected chi connectivity index (χ1v) is 8.87. The highest BCUT2D eigenvalue weighted by atomic mass is 16.5. The monoisotopic (exact) mass is 352 g/mol. The first-order chi connectivity index (χ1) is 12.4. The molecular formula is C21H24N2O3. The third-order valence-electron chi connectivity index (χ3n) is 4.33. The van der Waals surface area contributed by atoms with E-state index in [-0.39, 0.29) is 30.3 Å². The van der Waals surface area contributed by atoms with Gasteiger partial charge in [0.05, 0.1) is 17.7 Å². The van der Waals surface area contributed by atoms with Crippen molar-refractivity contribution in [2.75, 3.05) is 16.8 Å². The van der Waals surface area contributed by atoms with E-state index in [0.717, 1.165) is 16.9 Å². The smallest absolute Gasteiger partial charge is 0.229 e. The number of rotatable bonds is 5. The Balaban J connectivity index is 1.72. The lowest BCUT2D eigenvalue weighted by Gasteiger charge is -2.21. The number of nitrogens with zero attached hydrogens (tertiary/aromatic N) is 1. The molecule has 0 spiro atoms. The van der Waals surface area contributed by atoms with Gasteiger partial charge in [0.25, 0.3) is 0 Å². The van der Waals surface area contributed by atoms with Crippen LogP contribution in [0.2, 0.25) is 0 Å². The van der Waals surface area contributed by atoms with Crippen molar-refractivity contribution in [2.45, 2.75) is 33.3 Å². The maximum Gasteiger partial charge on any atom is 0.229 e. The number of benzene rings is 2. The second-order valence-corrected chi connectivity index (χ2v) is 6.89. The highest BCUT2D eigenvalue weighted by molar-refractivity contribution is 6.04. The number of para-hydroxylation sites is 2. The third kappa shape index (κ3) is 4.04. The van der Waals surface area contributed by atoms with Gasteiger partial charge < -0.3 is 15.0 Å². The minimum absolute atomic E-state index is 0.00879. The van der Waals surface area contributed by atoms with Crippen LogP contribution in [-0.2, 0) is 9.59 Å². The number of hydrogen-bond donors (Lipinski definition) is 1. The number of hydrogen-bond acceptors (Lipinski definition) is 3. The van der Waals surface area contributed by atoms with Gasteiger partial charge in [-0.1, -0.05) is 29.8 Å². The summed E-state index contributed by atoms with van der Waals surface area (Å²) in [5, 5.41) is 2.90. The summed E-state index contributed by atoms with van der Waals surface area (Å²) in [5.41, 5.74) is 2.60. The van der Waals surface area contributed by atoms with Crippen LogP contribution >= 0.6 is 0 Å². The van der Waals surface area contributed by atoms with Crippen molar-refractivity contribution < 1.29 is 14.3 Å². The maximum absolute atomic E-state index is 12.6. The summed E-state index contributed by atoms with van der Waals surface area (Å²) < 4.78 is 5.81. The third-order valence-corrected chi connectivity index (χ3v) is 4.33. The molecule has 0 saturated carbocycles. The number of amides is 2. The van der Waals surface area contributed by atoms with Crippen molar-refractivity contribution in [1.29, 1.82) is 0 Å². The summed E-state index contributed by atoms with van der Waals surface area (Å²) in [7, 11) is 0. The topological polar surface area (TPSA) is 58.6 Å². The lowest BCUT2D eigenvalue weighted by molar-refractivity contribution is -0.122. The number of nitrogens with one attached hydrogen (secondary N) is 1. The second kappa shape index (κ2) is 7.60. The molecule has 1 aliphatic heterocycles. The molecule has 2 aromatic carbocycles. The van der Waals surface area contributed by atoms with Gasteiger partial charge >= 0.3 is 0 Å². The Kier molecular flexibility index (Phi) is 5.26. The molecule has 3 rings (SSSR count). The minimum atomic E-state index is -0.379. The van der Waals surface area contributed by atoms with Crippen LogP contribution in [0, 0.1) is 12.8 Å². The van der Waals surface area contributed by atoms with Crippen LogP contribution in [0.3, 0.4) is 0 Å². The average molecular weight is 352 g/mol. The van der Waals surface area contributed by atoms with E-state index >= 15 is 0 Å². The number of carbonyl (C=O) groups excluding carboxylic acids is 2. The Morgan fingerprint density at radius 2 is 1.85 bits per heavy atom. The summed E-state index contributed by atoms with van der Waals surface area (Å²) in [6, 6.07) is 15.1. The molecule has 0 aliphatic carbocycles. The van der Waals surface area contributed by atoms with Crippen molar-refractivity contribution in [3.8, 4) is 5.75 Å². The summed E-state index contributed by atoms with van der Waals surface area (Å²) in [5.74, 6) is 0.0900. The number of aryl methyl sites for hydroxylation is 1. The largest absolute Gasteiger partial charge is 0.489 e. The van der Waals surface area contributed by atoms with Gasteiger partial charge in [0, 0.05) is 18.7 Å². The normalized spacial score (nSPS) is 16.8. The molecule has 5 heteroatoms. The highest BCUT2D eigenvalue weighted by Crippen LogP contribution is 2.33. The van der Waals surface area contributed by atoms with Gasteiger partial charge in [0.2, 0.25) is 11.8 Å². The van der Waals surface area contributed by atoms with Crippen LogP contribution < -0.4 is 15.0 Å². The zero-order valence-corrected chi connectivity index (χ0v) is 15.4. The van der Waals surface area contributed by atoms with Gasteiger partial charge in [-0.15, -0.1) is 0 Å².